The molecule has 30 heavy (non-hydrogen) atoms. The second-order valence-electron chi connectivity index (χ2n) is 7.43. The summed E-state index contributed by atoms with van der Waals surface area (Å²) < 4.78 is 9.72. The van der Waals surface area contributed by atoms with Crippen LogP contribution in [-0.4, -0.2) is 59.7 Å². The fraction of sp³-hybridized carbons (Fsp3) is 0.476. The van der Waals surface area contributed by atoms with Crippen molar-refractivity contribution in [2.45, 2.75) is 33.1 Å². The molecule has 9 heteroatoms. The maximum atomic E-state index is 12.4. The minimum Gasteiger partial charge on any atom is -0.465 e. The number of nitrogens with zero attached hydrogens (tertiary/aromatic N) is 1. The zero-order valence-corrected chi connectivity index (χ0v) is 17.1. The van der Waals surface area contributed by atoms with Gasteiger partial charge in [0.2, 0.25) is 17.6 Å². The van der Waals surface area contributed by atoms with E-state index in [1.165, 1.54) is 7.11 Å². The number of fused-ring (bicyclic) bond motifs is 1. The minimum absolute atomic E-state index is 0.0647. The third-order valence-corrected chi connectivity index (χ3v) is 5.61. The molecule has 1 aliphatic heterocycles. The highest BCUT2D eigenvalue weighted by molar-refractivity contribution is 6.05. The number of hydrogen-bond acceptors (Lipinski definition) is 7. The van der Waals surface area contributed by atoms with E-state index < -0.39 is 24.3 Å². The van der Waals surface area contributed by atoms with Crippen molar-refractivity contribution < 1.29 is 33.4 Å². The summed E-state index contributed by atoms with van der Waals surface area (Å²) in [4.78, 5) is 65.0. The Morgan fingerprint density at radius 1 is 1.10 bits per heavy atom. The normalized spacial score (nSPS) is 20.3. The van der Waals surface area contributed by atoms with Crippen LogP contribution in [0.2, 0.25) is 0 Å². The molecule has 3 rings (SSSR count). The Hall–Kier alpha value is -3.23. The molecule has 2 aliphatic rings. The van der Waals surface area contributed by atoms with Crippen LogP contribution in [-0.2, 0) is 23.9 Å². The van der Waals surface area contributed by atoms with Crippen LogP contribution >= 0.6 is 0 Å². The van der Waals surface area contributed by atoms with Gasteiger partial charge in [-0.2, -0.15) is 0 Å². The number of methoxy groups -OCH3 is 1. The van der Waals surface area contributed by atoms with Crippen molar-refractivity contribution in [2.24, 2.45) is 11.8 Å². The molecule has 1 aliphatic carbocycles. The lowest BCUT2D eigenvalue weighted by Gasteiger charge is -2.14. The van der Waals surface area contributed by atoms with Crippen molar-refractivity contribution in [1.29, 1.82) is 0 Å². The first-order valence-corrected chi connectivity index (χ1v) is 9.72. The second-order valence-corrected chi connectivity index (χ2v) is 7.43. The number of rotatable bonds is 7. The molecule has 2 atom stereocenters. The van der Waals surface area contributed by atoms with Crippen LogP contribution in [0.5, 0.6) is 0 Å². The van der Waals surface area contributed by atoms with Gasteiger partial charge < -0.3 is 14.5 Å². The van der Waals surface area contributed by atoms with Crippen molar-refractivity contribution in [3.8, 4) is 0 Å². The number of ether oxygens (including phenoxy) is 2. The Kier molecular flexibility index (Phi) is 6.19. The fourth-order valence-electron chi connectivity index (χ4n) is 4.02. The lowest BCUT2D eigenvalue weighted by Crippen LogP contribution is -2.33. The predicted octanol–water partition coefficient (Wildman–Crippen LogP) is 1.49. The molecular formula is C21H24N2O7. The quantitative estimate of drug-likeness (QED) is 0.309. The Balaban J connectivity index is 1.53. The number of nitrogens with one attached hydrogen (secondary N) is 1. The Labute approximate surface area is 173 Å². The number of amides is 2. The third kappa shape index (κ3) is 3.92. The van der Waals surface area contributed by atoms with E-state index in [0.717, 1.165) is 4.90 Å². The molecule has 0 radical (unpaired) electrons. The number of carbonyl (C=O) groups excluding carboxylic acids is 5. The number of aromatic amines is 1. The lowest BCUT2D eigenvalue weighted by atomic mass is 9.85. The molecule has 1 N–H and O–H groups in total. The van der Waals surface area contributed by atoms with E-state index in [-0.39, 0.29) is 47.9 Å². The largest absolute Gasteiger partial charge is 0.465 e. The van der Waals surface area contributed by atoms with Crippen LogP contribution in [0.25, 0.3) is 0 Å². The standard InChI is InChI=1S/C21H24N2O7/c1-11-17(21(28)29-3)12(2)22-18(11)15(24)10-30-16(25)8-9-23-19(26)13-6-4-5-7-14(13)20(23)27/h4-5,13-14,22H,6-10H2,1-3H3/t13-,14+. The van der Waals surface area contributed by atoms with Crippen molar-refractivity contribution in [3.63, 3.8) is 0 Å². The van der Waals surface area contributed by atoms with Gasteiger partial charge in [-0.05, 0) is 32.3 Å². The number of likely N-dealkylation sites (tertiary alicyclic amines) is 1. The molecule has 0 spiro atoms. The van der Waals surface area contributed by atoms with Crippen LogP contribution in [0.15, 0.2) is 12.2 Å². The highest BCUT2D eigenvalue weighted by Crippen LogP contribution is 2.35. The van der Waals surface area contributed by atoms with E-state index in [1.807, 2.05) is 12.2 Å². The zero-order valence-electron chi connectivity index (χ0n) is 17.1. The van der Waals surface area contributed by atoms with Crippen molar-refractivity contribution in [1.82, 2.24) is 9.88 Å². The van der Waals surface area contributed by atoms with Gasteiger partial charge in [-0.15, -0.1) is 0 Å². The highest BCUT2D eigenvalue weighted by Gasteiger charge is 2.46. The first-order chi connectivity index (χ1) is 14.3. The molecule has 160 valence electrons. The maximum Gasteiger partial charge on any atom is 0.339 e. The molecule has 2 heterocycles. The molecule has 2 amide bonds. The molecular weight excluding hydrogens is 392 g/mol. The fourth-order valence-corrected chi connectivity index (χ4v) is 4.02. The zero-order chi connectivity index (χ0) is 22.0. The summed E-state index contributed by atoms with van der Waals surface area (Å²) >= 11 is 0. The molecule has 9 nitrogen and oxygen atoms in total. The van der Waals surface area contributed by atoms with E-state index >= 15 is 0 Å². The first kappa shape index (κ1) is 21.5. The van der Waals surface area contributed by atoms with E-state index in [4.69, 9.17) is 9.47 Å². The SMILES string of the molecule is COC(=O)c1c(C)[nH]c(C(=O)COC(=O)CCN2C(=O)[C@H]3CC=CC[C@H]3C2=O)c1C. The smallest absolute Gasteiger partial charge is 0.339 e. The van der Waals surface area contributed by atoms with E-state index in [9.17, 15) is 24.0 Å². The number of hydrogen-bond donors (Lipinski definition) is 1. The van der Waals surface area contributed by atoms with Crippen LogP contribution in [0, 0.1) is 25.7 Å². The van der Waals surface area contributed by atoms with Crippen LogP contribution < -0.4 is 0 Å². The third-order valence-electron chi connectivity index (χ3n) is 5.61. The minimum atomic E-state index is -0.689. The Morgan fingerprint density at radius 3 is 2.27 bits per heavy atom. The number of aromatic nitrogens is 1. The van der Waals surface area contributed by atoms with Gasteiger partial charge in [-0.3, -0.25) is 24.1 Å². The summed E-state index contributed by atoms with van der Waals surface area (Å²) in [6.45, 7) is 2.66. The second kappa shape index (κ2) is 8.64. The molecule has 1 saturated heterocycles. The lowest BCUT2D eigenvalue weighted by molar-refractivity contribution is -0.145. The Bertz CT molecular complexity index is 917. The summed E-state index contributed by atoms with van der Waals surface area (Å²) in [7, 11) is 1.25. The molecule has 0 aromatic carbocycles. The molecule has 0 saturated carbocycles. The Morgan fingerprint density at radius 2 is 1.70 bits per heavy atom. The van der Waals surface area contributed by atoms with Gasteiger partial charge in [0.15, 0.2) is 6.61 Å². The predicted molar refractivity (Wildman–Crippen MR) is 104 cm³/mol. The average molecular weight is 416 g/mol. The van der Waals surface area contributed by atoms with Crippen LogP contribution in [0.4, 0.5) is 0 Å². The van der Waals surface area contributed by atoms with E-state index in [0.29, 0.717) is 24.1 Å². The number of imide groups is 1. The number of aryl methyl sites for hydroxylation is 1. The number of allylic oxidation sites excluding steroid dienone is 2. The summed E-state index contributed by atoms with van der Waals surface area (Å²) in [5.41, 5.74) is 1.34. The van der Waals surface area contributed by atoms with Gasteiger partial charge in [0.1, 0.15) is 0 Å². The van der Waals surface area contributed by atoms with Crippen molar-refractivity contribution >= 4 is 29.5 Å². The van der Waals surface area contributed by atoms with Gasteiger partial charge in [0, 0.05) is 12.2 Å². The topological polar surface area (TPSA) is 123 Å². The van der Waals surface area contributed by atoms with Gasteiger partial charge >= 0.3 is 11.9 Å². The van der Waals surface area contributed by atoms with Gasteiger partial charge in [0.05, 0.1) is 36.6 Å². The van der Waals surface area contributed by atoms with Crippen molar-refractivity contribution in [3.05, 3.63) is 34.7 Å². The summed E-state index contributed by atoms with van der Waals surface area (Å²) in [5.74, 6) is -2.95. The number of carbonyl (C=O) groups is 5. The maximum absolute atomic E-state index is 12.4. The van der Waals surface area contributed by atoms with E-state index in [2.05, 4.69) is 4.98 Å². The van der Waals surface area contributed by atoms with Crippen LogP contribution in [0.1, 0.15) is 51.4 Å². The molecule has 0 bridgehead atoms. The average Bonchev–Trinajstić information content (AvgIpc) is 3.17. The molecule has 1 aromatic rings. The summed E-state index contributed by atoms with van der Waals surface area (Å²) in [6.07, 6.45) is 4.67. The van der Waals surface area contributed by atoms with Gasteiger partial charge in [-0.25, -0.2) is 4.79 Å². The summed E-state index contributed by atoms with van der Waals surface area (Å²) in [5, 5.41) is 0. The van der Waals surface area contributed by atoms with E-state index in [1.54, 1.807) is 13.8 Å². The number of esters is 2. The molecule has 1 fully saturated rings. The first-order valence-electron chi connectivity index (χ1n) is 9.72. The van der Waals surface area contributed by atoms with Crippen molar-refractivity contribution in [2.75, 3.05) is 20.3 Å². The molecule has 0 unspecified atom stereocenters. The number of ketones is 1. The monoisotopic (exact) mass is 416 g/mol. The van der Waals surface area contributed by atoms with Gasteiger partial charge in [0.25, 0.3) is 0 Å². The van der Waals surface area contributed by atoms with Crippen LogP contribution in [0.3, 0.4) is 0 Å². The van der Waals surface area contributed by atoms with Gasteiger partial charge in [-0.1, -0.05) is 12.2 Å². The number of Topliss-reactive ketones (excluding diaryl/α,β-unsaturated/α-hetero) is 1. The number of H-pyrrole nitrogens is 1. The summed E-state index contributed by atoms with van der Waals surface area (Å²) in [6, 6.07) is 0. The molecule has 1 aromatic heterocycles. The highest BCUT2D eigenvalue weighted by atomic mass is 16.5.